The van der Waals surface area contributed by atoms with E-state index in [1.807, 2.05) is 6.92 Å². The third-order valence-electron chi connectivity index (χ3n) is 2.73. The molecular weight excluding hydrogens is 230 g/mol. The molecule has 1 aromatic heterocycles. The predicted octanol–water partition coefficient (Wildman–Crippen LogP) is 3.16. The number of furan rings is 1. The van der Waals surface area contributed by atoms with Crippen molar-refractivity contribution in [3.05, 3.63) is 47.4 Å². The highest BCUT2D eigenvalue weighted by Crippen LogP contribution is 2.19. The van der Waals surface area contributed by atoms with Gasteiger partial charge in [0, 0.05) is 11.3 Å². The van der Waals surface area contributed by atoms with Crippen LogP contribution in [-0.4, -0.2) is 13.0 Å². The van der Waals surface area contributed by atoms with Gasteiger partial charge in [-0.1, -0.05) is 0 Å². The van der Waals surface area contributed by atoms with Crippen molar-refractivity contribution in [1.82, 2.24) is 0 Å². The van der Waals surface area contributed by atoms with E-state index in [4.69, 9.17) is 9.15 Å². The summed E-state index contributed by atoms with van der Waals surface area (Å²) in [7, 11) is 1.60. The molecule has 0 aliphatic carbocycles. The second-order valence-electron chi connectivity index (χ2n) is 4.03. The highest BCUT2D eigenvalue weighted by Gasteiger charge is 2.15. The van der Waals surface area contributed by atoms with E-state index in [2.05, 4.69) is 5.32 Å². The van der Waals surface area contributed by atoms with Crippen LogP contribution in [0.2, 0.25) is 0 Å². The summed E-state index contributed by atoms with van der Waals surface area (Å²) in [6.07, 6.45) is 1.58. The molecule has 0 aliphatic rings. The molecule has 0 radical (unpaired) electrons. The Bertz CT molecular complexity index is 535. The molecule has 4 nitrogen and oxygen atoms in total. The zero-order chi connectivity index (χ0) is 13.1. The van der Waals surface area contributed by atoms with Crippen LogP contribution in [-0.2, 0) is 0 Å². The molecule has 0 atom stereocenters. The molecule has 94 valence electrons. The van der Waals surface area contributed by atoms with E-state index < -0.39 is 0 Å². The van der Waals surface area contributed by atoms with E-state index in [1.54, 1.807) is 44.6 Å². The van der Waals surface area contributed by atoms with Crippen LogP contribution in [0.1, 0.15) is 21.7 Å². The van der Waals surface area contributed by atoms with Gasteiger partial charge in [0.2, 0.25) is 0 Å². The van der Waals surface area contributed by atoms with Gasteiger partial charge in [-0.3, -0.25) is 4.79 Å². The molecule has 1 heterocycles. The van der Waals surface area contributed by atoms with Crippen LogP contribution in [0.5, 0.6) is 5.75 Å². The smallest absolute Gasteiger partial charge is 0.259 e. The molecule has 1 amide bonds. The van der Waals surface area contributed by atoms with Crippen molar-refractivity contribution in [2.75, 3.05) is 12.4 Å². The number of methoxy groups -OCH3 is 1. The number of hydrogen-bond donors (Lipinski definition) is 1. The largest absolute Gasteiger partial charge is 0.497 e. The van der Waals surface area contributed by atoms with Crippen molar-refractivity contribution in [3.63, 3.8) is 0 Å². The Morgan fingerprint density at radius 2 is 1.89 bits per heavy atom. The van der Waals surface area contributed by atoms with E-state index in [1.165, 1.54) is 0 Å². The lowest BCUT2D eigenvalue weighted by molar-refractivity contribution is 0.102. The number of carbonyl (C=O) groups is 1. The Kier molecular flexibility index (Phi) is 3.37. The van der Waals surface area contributed by atoms with Crippen LogP contribution in [0.4, 0.5) is 5.69 Å². The number of anilines is 1. The third-order valence-corrected chi connectivity index (χ3v) is 2.73. The van der Waals surface area contributed by atoms with Crippen LogP contribution in [0, 0.1) is 13.8 Å². The fraction of sp³-hybridized carbons (Fsp3) is 0.214. The van der Waals surface area contributed by atoms with Crippen LogP contribution in [0.25, 0.3) is 0 Å². The molecule has 0 bridgehead atoms. The minimum atomic E-state index is -0.163. The molecule has 1 N–H and O–H groups in total. The molecule has 2 aromatic rings. The summed E-state index contributed by atoms with van der Waals surface area (Å²) < 4.78 is 10.3. The third kappa shape index (κ3) is 2.37. The summed E-state index contributed by atoms with van der Waals surface area (Å²) in [6.45, 7) is 3.62. The zero-order valence-electron chi connectivity index (χ0n) is 10.6. The van der Waals surface area contributed by atoms with Gasteiger partial charge in [0.25, 0.3) is 5.91 Å². The maximum absolute atomic E-state index is 12.1. The zero-order valence-corrected chi connectivity index (χ0v) is 10.6. The van der Waals surface area contributed by atoms with Crippen molar-refractivity contribution < 1.29 is 13.9 Å². The average Bonchev–Trinajstić information content (AvgIpc) is 2.70. The summed E-state index contributed by atoms with van der Waals surface area (Å²) in [6, 6.07) is 7.18. The van der Waals surface area contributed by atoms with Gasteiger partial charge in [-0.05, 0) is 38.1 Å². The average molecular weight is 245 g/mol. The van der Waals surface area contributed by atoms with E-state index in [-0.39, 0.29) is 5.91 Å². The minimum Gasteiger partial charge on any atom is -0.497 e. The molecule has 0 fully saturated rings. The number of carbonyl (C=O) groups excluding carboxylic acids is 1. The quantitative estimate of drug-likeness (QED) is 0.903. The number of hydrogen-bond acceptors (Lipinski definition) is 3. The second kappa shape index (κ2) is 4.96. The number of ether oxygens (including phenoxy) is 1. The van der Waals surface area contributed by atoms with Gasteiger partial charge in [-0.25, -0.2) is 0 Å². The number of benzene rings is 1. The lowest BCUT2D eigenvalue weighted by atomic mass is 10.1. The Morgan fingerprint density at radius 3 is 2.39 bits per heavy atom. The summed E-state index contributed by atoms with van der Waals surface area (Å²) in [5.74, 6) is 1.21. The van der Waals surface area contributed by atoms with Gasteiger partial charge < -0.3 is 14.5 Å². The molecule has 1 aromatic carbocycles. The monoisotopic (exact) mass is 245 g/mol. The molecule has 18 heavy (non-hydrogen) atoms. The van der Waals surface area contributed by atoms with Crippen molar-refractivity contribution >= 4 is 11.6 Å². The van der Waals surface area contributed by atoms with Crippen molar-refractivity contribution in [1.29, 1.82) is 0 Å². The molecule has 4 heteroatoms. The maximum atomic E-state index is 12.1. The Labute approximate surface area is 106 Å². The molecule has 0 saturated heterocycles. The number of aryl methyl sites for hydroxylation is 2. The van der Waals surface area contributed by atoms with Crippen molar-refractivity contribution in [2.24, 2.45) is 0 Å². The second-order valence-corrected chi connectivity index (χ2v) is 4.03. The van der Waals surface area contributed by atoms with Crippen LogP contribution >= 0.6 is 0 Å². The fourth-order valence-corrected chi connectivity index (χ4v) is 1.78. The van der Waals surface area contributed by atoms with Crippen LogP contribution in [0.3, 0.4) is 0 Å². The Morgan fingerprint density at radius 1 is 1.22 bits per heavy atom. The Balaban J connectivity index is 2.16. The van der Waals surface area contributed by atoms with Gasteiger partial charge in [0.05, 0.1) is 18.9 Å². The van der Waals surface area contributed by atoms with E-state index in [9.17, 15) is 4.79 Å². The van der Waals surface area contributed by atoms with Gasteiger partial charge in [0.1, 0.15) is 11.5 Å². The van der Waals surface area contributed by atoms with Gasteiger partial charge >= 0.3 is 0 Å². The summed E-state index contributed by atoms with van der Waals surface area (Å²) in [5, 5.41) is 2.82. The number of amides is 1. The lowest BCUT2D eigenvalue weighted by Gasteiger charge is -2.06. The molecule has 0 spiro atoms. The van der Waals surface area contributed by atoms with Crippen LogP contribution < -0.4 is 10.1 Å². The standard InChI is InChI=1S/C14H15NO3/c1-9-8-18-10(2)13(9)14(16)15-11-4-6-12(17-3)7-5-11/h4-8H,1-3H3,(H,15,16). The topological polar surface area (TPSA) is 51.5 Å². The first-order valence-electron chi connectivity index (χ1n) is 5.62. The van der Waals surface area contributed by atoms with Gasteiger partial charge in [-0.15, -0.1) is 0 Å². The van der Waals surface area contributed by atoms with E-state index in [0.29, 0.717) is 11.3 Å². The SMILES string of the molecule is COc1ccc(NC(=O)c2c(C)coc2C)cc1. The molecule has 0 saturated carbocycles. The molecule has 2 rings (SSSR count). The van der Waals surface area contributed by atoms with E-state index >= 15 is 0 Å². The first-order valence-corrected chi connectivity index (χ1v) is 5.62. The van der Waals surface area contributed by atoms with Gasteiger partial charge in [-0.2, -0.15) is 0 Å². The minimum absolute atomic E-state index is 0.163. The molecular formula is C14H15NO3. The maximum Gasteiger partial charge on any atom is 0.259 e. The van der Waals surface area contributed by atoms with Crippen LogP contribution in [0.15, 0.2) is 34.9 Å². The number of rotatable bonds is 3. The number of nitrogens with one attached hydrogen (secondary N) is 1. The fourth-order valence-electron chi connectivity index (χ4n) is 1.78. The Hall–Kier alpha value is -2.23. The summed E-state index contributed by atoms with van der Waals surface area (Å²) in [5.41, 5.74) is 2.14. The molecule has 0 aliphatic heterocycles. The predicted molar refractivity (Wildman–Crippen MR) is 69.1 cm³/mol. The van der Waals surface area contributed by atoms with Gasteiger partial charge in [0.15, 0.2) is 0 Å². The first kappa shape index (κ1) is 12.2. The summed E-state index contributed by atoms with van der Waals surface area (Å²) in [4.78, 5) is 12.1. The van der Waals surface area contributed by atoms with E-state index in [0.717, 1.165) is 17.0 Å². The first-order chi connectivity index (χ1) is 8.61. The summed E-state index contributed by atoms with van der Waals surface area (Å²) >= 11 is 0. The van der Waals surface area contributed by atoms with Crippen molar-refractivity contribution in [3.8, 4) is 5.75 Å². The highest BCUT2D eigenvalue weighted by molar-refractivity contribution is 6.05. The highest BCUT2D eigenvalue weighted by atomic mass is 16.5. The lowest BCUT2D eigenvalue weighted by Crippen LogP contribution is -2.13. The van der Waals surface area contributed by atoms with Crippen molar-refractivity contribution in [2.45, 2.75) is 13.8 Å². The normalized spacial score (nSPS) is 10.2. The molecule has 0 unspecified atom stereocenters.